The topological polar surface area (TPSA) is 32.8 Å². The summed E-state index contributed by atoms with van der Waals surface area (Å²) in [6.45, 7) is 7.95. The Labute approximate surface area is 73.2 Å². The highest BCUT2D eigenvalue weighted by Gasteiger charge is 2.60. The maximum absolute atomic E-state index is 9.73. The third kappa shape index (κ3) is 1.02. The molecule has 0 amide bonds. The van der Waals surface area contributed by atoms with E-state index in [4.69, 9.17) is 4.74 Å². The van der Waals surface area contributed by atoms with E-state index in [1.807, 2.05) is 13.8 Å². The van der Waals surface area contributed by atoms with Gasteiger partial charge in [-0.2, -0.15) is 0 Å². The van der Waals surface area contributed by atoms with E-state index in [1.54, 1.807) is 0 Å². The molecule has 0 radical (unpaired) electrons. The highest BCUT2D eigenvalue weighted by atomic mass is 16.6. The van der Waals surface area contributed by atoms with Crippen molar-refractivity contribution < 1.29 is 9.84 Å². The Bertz CT molecular complexity index is 224. The summed E-state index contributed by atoms with van der Waals surface area (Å²) in [5.41, 5.74) is 0.956. The second-order valence-corrected chi connectivity index (χ2v) is 4.32. The molecule has 1 saturated carbocycles. The van der Waals surface area contributed by atoms with Crippen LogP contribution in [-0.2, 0) is 4.74 Å². The van der Waals surface area contributed by atoms with E-state index in [-0.39, 0.29) is 17.8 Å². The summed E-state index contributed by atoms with van der Waals surface area (Å²) in [5.74, 6) is 0.459. The Morgan fingerprint density at radius 1 is 1.58 bits per heavy atom. The quantitative estimate of drug-likeness (QED) is 0.475. The molecule has 4 atom stereocenters. The van der Waals surface area contributed by atoms with Gasteiger partial charge in [0.1, 0.15) is 5.60 Å². The predicted molar refractivity (Wildman–Crippen MR) is 46.8 cm³/mol. The van der Waals surface area contributed by atoms with Crippen molar-refractivity contribution in [1.29, 1.82) is 0 Å². The standard InChI is InChI=1S/C10H16O2/c1-6(2)7-4-8(11)10(3)9(5-7)12-10/h7-9,11H,1,4-5H2,2-3H3/t7-,8-,9+,10-/m0/s1. The number of aliphatic hydroxyl groups excluding tert-OH is 1. The number of epoxide rings is 1. The monoisotopic (exact) mass is 168 g/mol. The summed E-state index contributed by atoms with van der Waals surface area (Å²) >= 11 is 0. The number of fused-ring (bicyclic) bond motifs is 1. The Balaban J connectivity index is 2.06. The largest absolute Gasteiger partial charge is 0.390 e. The molecule has 1 aliphatic heterocycles. The van der Waals surface area contributed by atoms with Crippen LogP contribution in [0.1, 0.15) is 26.7 Å². The molecule has 1 N–H and O–H groups in total. The minimum atomic E-state index is -0.294. The van der Waals surface area contributed by atoms with Crippen molar-refractivity contribution in [1.82, 2.24) is 0 Å². The third-order valence-electron chi connectivity index (χ3n) is 3.34. The van der Waals surface area contributed by atoms with Gasteiger partial charge in [-0.3, -0.25) is 0 Å². The van der Waals surface area contributed by atoms with Crippen molar-refractivity contribution >= 4 is 0 Å². The number of rotatable bonds is 1. The van der Waals surface area contributed by atoms with Crippen LogP contribution in [0.15, 0.2) is 12.2 Å². The zero-order valence-corrected chi connectivity index (χ0v) is 7.71. The molecule has 1 aliphatic carbocycles. The lowest BCUT2D eigenvalue weighted by molar-refractivity contribution is 0.0641. The SMILES string of the molecule is C=C(C)[C@H]1C[C@H](O)[C@]2(C)O[C@@H]2C1. The van der Waals surface area contributed by atoms with E-state index in [9.17, 15) is 5.11 Å². The van der Waals surface area contributed by atoms with Crippen LogP contribution in [0.5, 0.6) is 0 Å². The van der Waals surface area contributed by atoms with Gasteiger partial charge in [-0.05, 0) is 32.6 Å². The van der Waals surface area contributed by atoms with Crippen molar-refractivity contribution in [2.45, 2.75) is 44.5 Å². The first-order chi connectivity index (χ1) is 5.54. The molecular formula is C10H16O2. The van der Waals surface area contributed by atoms with E-state index in [1.165, 1.54) is 5.57 Å². The van der Waals surface area contributed by atoms with Crippen LogP contribution >= 0.6 is 0 Å². The van der Waals surface area contributed by atoms with Crippen molar-refractivity contribution in [2.24, 2.45) is 5.92 Å². The first-order valence-electron chi connectivity index (χ1n) is 4.55. The van der Waals surface area contributed by atoms with E-state index < -0.39 is 0 Å². The normalized spacial score (nSPS) is 51.4. The molecule has 2 aliphatic rings. The van der Waals surface area contributed by atoms with Crippen LogP contribution in [0, 0.1) is 5.92 Å². The molecule has 0 aromatic carbocycles. The number of aliphatic hydroxyl groups is 1. The van der Waals surface area contributed by atoms with Gasteiger partial charge in [-0.15, -0.1) is 0 Å². The minimum absolute atomic E-state index is 0.216. The molecule has 0 bridgehead atoms. The predicted octanol–water partition coefficient (Wildman–Crippen LogP) is 1.49. The summed E-state index contributed by atoms with van der Waals surface area (Å²) in [6.07, 6.45) is 1.85. The molecular weight excluding hydrogens is 152 g/mol. The van der Waals surface area contributed by atoms with Gasteiger partial charge in [-0.25, -0.2) is 0 Å². The average molecular weight is 168 g/mol. The molecule has 2 fully saturated rings. The fourth-order valence-corrected chi connectivity index (χ4v) is 2.11. The van der Waals surface area contributed by atoms with Gasteiger partial charge >= 0.3 is 0 Å². The van der Waals surface area contributed by atoms with Gasteiger partial charge in [-0.1, -0.05) is 12.2 Å². The molecule has 68 valence electrons. The molecule has 12 heavy (non-hydrogen) atoms. The maximum atomic E-state index is 9.73. The Morgan fingerprint density at radius 2 is 2.25 bits per heavy atom. The van der Waals surface area contributed by atoms with Crippen LogP contribution in [-0.4, -0.2) is 22.9 Å². The summed E-state index contributed by atoms with van der Waals surface area (Å²) in [6, 6.07) is 0. The summed E-state index contributed by atoms with van der Waals surface area (Å²) in [4.78, 5) is 0. The second-order valence-electron chi connectivity index (χ2n) is 4.32. The highest BCUT2D eigenvalue weighted by Crippen LogP contribution is 2.50. The van der Waals surface area contributed by atoms with Crippen LogP contribution in [0.25, 0.3) is 0 Å². The molecule has 0 spiro atoms. The Hall–Kier alpha value is -0.340. The number of hydrogen-bond donors (Lipinski definition) is 1. The van der Waals surface area contributed by atoms with Crippen molar-refractivity contribution in [3.8, 4) is 0 Å². The van der Waals surface area contributed by atoms with Crippen LogP contribution in [0.4, 0.5) is 0 Å². The van der Waals surface area contributed by atoms with Crippen molar-refractivity contribution in [3.05, 3.63) is 12.2 Å². The average Bonchev–Trinajstić information content (AvgIpc) is 2.62. The lowest BCUT2D eigenvalue weighted by Gasteiger charge is -2.27. The van der Waals surface area contributed by atoms with Gasteiger partial charge in [0.25, 0.3) is 0 Å². The molecule has 0 aromatic rings. The minimum Gasteiger partial charge on any atom is -0.390 e. The molecule has 1 heterocycles. The fraction of sp³-hybridized carbons (Fsp3) is 0.800. The summed E-state index contributed by atoms with van der Waals surface area (Å²) < 4.78 is 5.47. The molecule has 2 rings (SSSR count). The maximum Gasteiger partial charge on any atom is 0.118 e. The van der Waals surface area contributed by atoms with Crippen LogP contribution < -0.4 is 0 Å². The zero-order valence-electron chi connectivity index (χ0n) is 7.71. The lowest BCUT2D eigenvalue weighted by Crippen LogP contribution is -2.36. The summed E-state index contributed by atoms with van der Waals surface area (Å²) in [5, 5.41) is 9.73. The molecule has 1 saturated heterocycles. The zero-order chi connectivity index (χ0) is 8.93. The molecule has 0 aromatic heterocycles. The Kier molecular flexibility index (Phi) is 1.61. The van der Waals surface area contributed by atoms with Gasteiger partial charge in [0, 0.05) is 0 Å². The van der Waals surface area contributed by atoms with E-state index in [0.29, 0.717) is 5.92 Å². The van der Waals surface area contributed by atoms with Gasteiger partial charge in [0.05, 0.1) is 12.2 Å². The number of hydrogen-bond acceptors (Lipinski definition) is 2. The third-order valence-corrected chi connectivity index (χ3v) is 3.34. The van der Waals surface area contributed by atoms with Crippen LogP contribution in [0.3, 0.4) is 0 Å². The molecule has 2 heteroatoms. The number of allylic oxidation sites excluding steroid dienone is 1. The lowest BCUT2D eigenvalue weighted by atomic mass is 9.78. The smallest absolute Gasteiger partial charge is 0.118 e. The first-order valence-corrected chi connectivity index (χ1v) is 4.55. The van der Waals surface area contributed by atoms with E-state index >= 15 is 0 Å². The summed E-state index contributed by atoms with van der Waals surface area (Å²) in [7, 11) is 0. The molecule has 2 nitrogen and oxygen atoms in total. The molecule has 0 unspecified atom stereocenters. The van der Waals surface area contributed by atoms with E-state index in [0.717, 1.165) is 12.8 Å². The fourth-order valence-electron chi connectivity index (χ4n) is 2.11. The van der Waals surface area contributed by atoms with Gasteiger partial charge in [0.2, 0.25) is 0 Å². The second kappa shape index (κ2) is 2.33. The van der Waals surface area contributed by atoms with Gasteiger partial charge in [0.15, 0.2) is 0 Å². The van der Waals surface area contributed by atoms with Crippen molar-refractivity contribution in [3.63, 3.8) is 0 Å². The van der Waals surface area contributed by atoms with Crippen LogP contribution in [0.2, 0.25) is 0 Å². The highest BCUT2D eigenvalue weighted by molar-refractivity contribution is 5.14. The Morgan fingerprint density at radius 3 is 2.75 bits per heavy atom. The van der Waals surface area contributed by atoms with Crippen molar-refractivity contribution in [2.75, 3.05) is 0 Å². The van der Waals surface area contributed by atoms with E-state index in [2.05, 4.69) is 6.58 Å². The van der Waals surface area contributed by atoms with Gasteiger partial charge < -0.3 is 9.84 Å². The first kappa shape index (κ1) is 8.27. The number of ether oxygens (including phenoxy) is 1.